The molecular formula is C5H5N3O3. The number of hydrogen-bond acceptors (Lipinski definition) is 3. The van der Waals surface area contributed by atoms with Crippen LogP contribution in [0.1, 0.15) is 0 Å². The topological polar surface area (TPSA) is 116 Å². The molecule has 6 heteroatoms. The minimum atomic E-state index is -1.32. The van der Waals surface area contributed by atoms with E-state index in [9.17, 15) is 9.59 Å². The molecule has 0 rings (SSSR count). The molecule has 0 saturated carbocycles. The van der Waals surface area contributed by atoms with Crippen LogP contribution in [0, 0.1) is 11.3 Å². The van der Waals surface area contributed by atoms with Gasteiger partial charge in [-0.25, -0.2) is 9.59 Å². The summed E-state index contributed by atoms with van der Waals surface area (Å²) in [6.07, 6.45) is 0.546. The quantitative estimate of drug-likeness (QED) is 0.355. The molecular weight excluding hydrogens is 150 g/mol. The van der Waals surface area contributed by atoms with Crippen molar-refractivity contribution in [2.24, 2.45) is 5.73 Å². The number of carboxylic acids is 1. The summed E-state index contributed by atoms with van der Waals surface area (Å²) in [6, 6.07) is 0.460. The van der Waals surface area contributed by atoms with E-state index in [0.29, 0.717) is 6.08 Å². The molecule has 11 heavy (non-hydrogen) atoms. The predicted octanol–water partition coefficient (Wildman–Crippen LogP) is -0.853. The van der Waals surface area contributed by atoms with Crippen molar-refractivity contribution in [1.29, 1.82) is 5.26 Å². The van der Waals surface area contributed by atoms with Gasteiger partial charge in [0.15, 0.2) is 0 Å². The fraction of sp³-hybridized carbons (Fsp3) is 0. The third kappa shape index (κ3) is 4.47. The number of hydrogen-bond donors (Lipinski definition) is 3. The van der Waals surface area contributed by atoms with Crippen LogP contribution < -0.4 is 11.1 Å². The molecule has 0 aromatic rings. The van der Waals surface area contributed by atoms with Crippen LogP contribution in [0.5, 0.6) is 0 Å². The van der Waals surface area contributed by atoms with E-state index < -0.39 is 17.7 Å². The SMILES string of the molecule is N#CC(=CC(=O)O)NC(N)=O. The van der Waals surface area contributed by atoms with E-state index in [4.69, 9.17) is 10.4 Å². The summed E-state index contributed by atoms with van der Waals surface area (Å²) in [5.41, 5.74) is 4.21. The van der Waals surface area contributed by atoms with Crippen molar-refractivity contribution in [2.75, 3.05) is 0 Å². The molecule has 0 aromatic carbocycles. The second-order valence-corrected chi connectivity index (χ2v) is 1.50. The van der Waals surface area contributed by atoms with Crippen molar-refractivity contribution in [3.63, 3.8) is 0 Å². The fourth-order valence-electron chi connectivity index (χ4n) is 0.353. The van der Waals surface area contributed by atoms with Gasteiger partial charge in [-0.1, -0.05) is 0 Å². The van der Waals surface area contributed by atoms with Crippen LogP contribution in [-0.2, 0) is 4.79 Å². The van der Waals surface area contributed by atoms with Gasteiger partial charge in [-0.3, -0.25) is 5.32 Å². The maximum absolute atomic E-state index is 10.1. The number of carbonyl (C=O) groups is 2. The summed E-state index contributed by atoms with van der Waals surface area (Å²) in [6.45, 7) is 0. The molecule has 2 amide bonds. The number of urea groups is 1. The maximum atomic E-state index is 10.1. The lowest BCUT2D eigenvalue weighted by molar-refractivity contribution is -0.131. The Kier molecular flexibility index (Phi) is 3.18. The first kappa shape index (κ1) is 8.97. The molecule has 0 unspecified atom stereocenters. The number of carbonyl (C=O) groups excluding carboxylic acids is 1. The van der Waals surface area contributed by atoms with Crippen molar-refractivity contribution < 1.29 is 14.7 Å². The van der Waals surface area contributed by atoms with E-state index in [2.05, 4.69) is 5.73 Å². The Morgan fingerprint density at radius 1 is 1.64 bits per heavy atom. The van der Waals surface area contributed by atoms with Crippen molar-refractivity contribution >= 4 is 12.0 Å². The normalized spacial score (nSPS) is 9.91. The number of rotatable bonds is 2. The van der Waals surface area contributed by atoms with Gasteiger partial charge in [-0.15, -0.1) is 0 Å². The molecule has 0 fully saturated rings. The van der Waals surface area contributed by atoms with Crippen molar-refractivity contribution in [2.45, 2.75) is 0 Å². The molecule has 4 N–H and O–H groups in total. The first-order valence-electron chi connectivity index (χ1n) is 2.47. The van der Waals surface area contributed by atoms with E-state index in [-0.39, 0.29) is 0 Å². The zero-order chi connectivity index (χ0) is 8.85. The highest BCUT2D eigenvalue weighted by atomic mass is 16.4. The lowest BCUT2D eigenvalue weighted by Crippen LogP contribution is -2.28. The maximum Gasteiger partial charge on any atom is 0.331 e. The third-order valence-electron chi connectivity index (χ3n) is 0.646. The summed E-state index contributed by atoms with van der Waals surface area (Å²) in [4.78, 5) is 20.0. The number of primary amides is 1. The van der Waals surface area contributed by atoms with E-state index in [1.54, 1.807) is 0 Å². The molecule has 0 aliphatic carbocycles. The van der Waals surface area contributed by atoms with Gasteiger partial charge >= 0.3 is 12.0 Å². The van der Waals surface area contributed by atoms with E-state index >= 15 is 0 Å². The van der Waals surface area contributed by atoms with Crippen molar-refractivity contribution in [3.05, 3.63) is 11.8 Å². The highest BCUT2D eigenvalue weighted by Gasteiger charge is 2.00. The van der Waals surface area contributed by atoms with Gasteiger partial charge in [-0.05, 0) is 0 Å². The molecule has 0 aromatic heterocycles. The van der Waals surface area contributed by atoms with Crippen LogP contribution in [0.15, 0.2) is 11.8 Å². The van der Waals surface area contributed by atoms with Crippen LogP contribution in [0.4, 0.5) is 4.79 Å². The van der Waals surface area contributed by atoms with E-state index in [0.717, 1.165) is 0 Å². The molecule has 0 aliphatic rings. The van der Waals surface area contributed by atoms with Crippen LogP contribution in [-0.4, -0.2) is 17.1 Å². The molecule has 58 valence electrons. The van der Waals surface area contributed by atoms with Gasteiger partial charge in [0, 0.05) is 0 Å². The summed E-state index contributed by atoms with van der Waals surface area (Å²) >= 11 is 0. The average Bonchev–Trinajstić information content (AvgIpc) is 1.84. The Hall–Kier alpha value is -2.03. The molecule has 0 atom stereocenters. The number of nitrogens with zero attached hydrogens (tertiary/aromatic N) is 1. The van der Waals surface area contributed by atoms with Gasteiger partial charge in [0.05, 0.1) is 6.08 Å². The van der Waals surface area contributed by atoms with Gasteiger partial charge in [0.25, 0.3) is 0 Å². The van der Waals surface area contributed by atoms with Gasteiger partial charge in [0.2, 0.25) is 0 Å². The fourth-order valence-corrected chi connectivity index (χ4v) is 0.353. The van der Waals surface area contributed by atoms with Gasteiger partial charge < -0.3 is 10.8 Å². The Balaban J connectivity index is 4.32. The highest BCUT2D eigenvalue weighted by molar-refractivity contribution is 5.83. The molecule has 6 nitrogen and oxygen atoms in total. The second kappa shape index (κ2) is 3.90. The monoisotopic (exact) mass is 155 g/mol. The zero-order valence-corrected chi connectivity index (χ0v) is 5.37. The number of amides is 2. The Morgan fingerprint density at radius 2 is 2.18 bits per heavy atom. The summed E-state index contributed by atoms with van der Waals surface area (Å²) < 4.78 is 0. The lowest BCUT2D eigenvalue weighted by Gasteiger charge is -1.94. The average molecular weight is 155 g/mol. The Labute approximate surface area is 61.9 Å². The minimum Gasteiger partial charge on any atom is -0.478 e. The zero-order valence-electron chi connectivity index (χ0n) is 5.37. The first-order chi connectivity index (χ1) is 5.06. The van der Waals surface area contributed by atoms with Crippen LogP contribution in [0.2, 0.25) is 0 Å². The molecule has 0 aliphatic heterocycles. The number of allylic oxidation sites excluding steroid dienone is 1. The predicted molar refractivity (Wildman–Crippen MR) is 34.1 cm³/mol. The van der Waals surface area contributed by atoms with Gasteiger partial charge in [0.1, 0.15) is 11.8 Å². The smallest absolute Gasteiger partial charge is 0.331 e. The number of nitrogens with two attached hydrogens (primary N) is 1. The Bertz CT molecular complexity index is 250. The standard InChI is InChI=1S/C5H5N3O3/c6-2-3(1-4(9)10)8-5(7)11/h1H,(H,9,10)(H3,7,8,11). The van der Waals surface area contributed by atoms with Gasteiger partial charge in [-0.2, -0.15) is 5.26 Å². The lowest BCUT2D eigenvalue weighted by atomic mass is 10.4. The number of aliphatic carboxylic acids is 1. The van der Waals surface area contributed by atoms with Crippen LogP contribution >= 0.6 is 0 Å². The first-order valence-corrected chi connectivity index (χ1v) is 2.47. The van der Waals surface area contributed by atoms with Crippen LogP contribution in [0.3, 0.4) is 0 Å². The third-order valence-corrected chi connectivity index (χ3v) is 0.646. The Morgan fingerprint density at radius 3 is 2.45 bits per heavy atom. The second-order valence-electron chi connectivity index (χ2n) is 1.50. The number of nitriles is 1. The summed E-state index contributed by atoms with van der Waals surface area (Å²) in [5.74, 6) is -1.32. The largest absolute Gasteiger partial charge is 0.478 e. The molecule has 0 heterocycles. The number of carboxylic acid groups (broad SMARTS) is 1. The number of nitrogens with one attached hydrogen (secondary N) is 1. The molecule has 0 saturated heterocycles. The van der Waals surface area contributed by atoms with Crippen molar-refractivity contribution in [3.8, 4) is 6.07 Å². The highest BCUT2D eigenvalue weighted by Crippen LogP contribution is 1.84. The molecule has 0 spiro atoms. The van der Waals surface area contributed by atoms with E-state index in [1.165, 1.54) is 6.07 Å². The van der Waals surface area contributed by atoms with E-state index in [1.807, 2.05) is 5.32 Å². The summed E-state index contributed by atoms with van der Waals surface area (Å²) in [7, 11) is 0. The van der Waals surface area contributed by atoms with Crippen LogP contribution in [0.25, 0.3) is 0 Å². The summed E-state index contributed by atoms with van der Waals surface area (Å²) in [5, 5.41) is 18.1. The molecule has 0 radical (unpaired) electrons. The van der Waals surface area contributed by atoms with Crippen molar-refractivity contribution in [1.82, 2.24) is 5.32 Å². The molecule has 0 bridgehead atoms. The minimum absolute atomic E-state index is 0.398.